The van der Waals surface area contributed by atoms with E-state index in [1.807, 2.05) is 0 Å². The fraction of sp³-hybridized carbons (Fsp3) is 0.0800. The minimum absolute atomic E-state index is 0.936. The molecule has 2 nitrogen and oxygen atoms in total. The number of benzene rings is 4. The summed E-state index contributed by atoms with van der Waals surface area (Å²) >= 11 is 0. The molecule has 128 valence electrons. The fourth-order valence-electron chi connectivity index (χ4n) is 4.61. The monoisotopic (exact) mass is 348 g/mol. The quantitative estimate of drug-likeness (QED) is 0.240. The summed E-state index contributed by atoms with van der Waals surface area (Å²) in [4.78, 5) is 0. The molecule has 1 aliphatic heterocycles. The molecule has 0 fully saturated rings. The molecule has 0 aliphatic carbocycles. The van der Waals surface area contributed by atoms with Crippen molar-refractivity contribution in [1.82, 2.24) is 0 Å². The smallest absolute Gasteiger partial charge is 0.228 e. The largest absolute Gasteiger partial charge is 0.456 e. The Morgan fingerprint density at radius 2 is 1.56 bits per heavy atom. The summed E-state index contributed by atoms with van der Waals surface area (Å²) in [5, 5.41) is 7.50. The second-order valence-corrected chi connectivity index (χ2v) is 7.36. The van der Waals surface area contributed by atoms with E-state index in [2.05, 4.69) is 91.5 Å². The maximum atomic E-state index is 6.39. The summed E-state index contributed by atoms with van der Waals surface area (Å²) in [5.74, 6) is 1.88. The van der Waals surface area contributed by atoms with Crippen LogP contribution in [0, 0.1) is 6.92 Å². The standard InChI is InChI=1S/C25H18NO/c1-15-22-18(11-10-16-6-3-4-8-19(16)22)14-21-23(15)25-24-17(12-13-26(25)2)7-5-9-20(24)27-21/h3-14H,1-2H3/q+1. The predicted molar refractivity (Wildman–Crippen MR) is 110 cm³/mol. The first-order chi connectivity index (χ1) is 13.2. The van der Waals surface area contributed by atoms with Gasteiger partial charge in [-0.3, -0.25) is 0 Å². The van der Waals surface area contributed by atoms with E-state index in [9.17, 15) is 0 Å². The van der Waals surface area contributed by atoms with Gasteiger partial charge in [0.2, 0.25) is 5.69 Å². The lowest BCUT2D eigenvalue weighted by molar-refractivity contribution is -0.659. The van der Waals surface area contributed by atoms with Crippen LogP contribution >= 0.6 is 0 Å². The van der Waals surface area contributed by atoms with Crippen LogP contribution in [0.3, 0.4) is 0 Å². The van der Waals surface area contributed by atoms with Crippen LogP contribution in [0.5, 0.6) is 11.5 Å². The molecule has 0 N–H and O–H groups in total. The van der Waals surface area contributed by atoms with Gasteiger partial charge < -0.3 is 4.74 Å². The molecule has 0 atom stereocenters. The lowest BCUT2D eigenvalue weighted by Crippen LogP contribution is -2.31. The van der Waals surface area contributed by atoms with Crippen molar-refractivity contribution in [2.75, 3.05) is 0 Å². The van der Waals surface area contributed by atoms with Gasteiger partial charge in [0.05, 0.1) is 10.9 Å². The van der Waals surface area contributed by atoms with Crippen molar-refractivity contribution in [1.29, 1.82) is 0 Å². The molecule has 0 radical (unpaired) electrons. The van der Waals surface area contributed by atoms with Gasteiger partial charge in [-0.25, -0.2) is 4.57 Å². The highest BCUT2D eigenvalue weighted by Gasteiger charge is 2.30. The Kier molecular flexibility index (Phi) is 2.77. The van der Waals surface area contributed by atoms with Gasteiger partial charge in [0.15, 0.2) is 6.20 Å². The average Bonchev–Trinajstić information content (AvgIpc) is 2.69. The molecule has 2 heterocycles. The SMILES string of the molecule is Cc1c2c(cc3ccc4ccccc4c13)Oc1cccc3cc[n+](C)c-2c13. The summed E-state index contributed by atoms with van der Waals surface area (Å²) < 4.78 is 8.61. The number of rotatable bonds is 0. The molecule has 0 spiro atoms. The zero-order valence-corrected chi connectivity index (χ0v) is 15.3. The molecular formula is C25H18NO+. The number of fused-ring (bicyclic) bond motifs is 5. The normalized spacial score (nSPS) is 12.4. The van der Waals surface area contributed by atoms with Crippen molar-refractivity contribution in [3.8, 4) is 22.8 Å². The predicted octanol–water partition coefficient (Wildman–Crippen LogP) is 6.05. The van der Waals surface area contributed by atoms with Crippen LogP contribution in [0.2, 0.25) is 0 Å². The number of aryl methyl sites for hydroxylation is 2. The summed E-state index contributed by atoms with van der Waals surface area (Å²) in [7, 11) is 2.12. The molecule has 5 aromatic rings. The Labute approximate surface area is 157 Å². The molecular weight excluding hydrogens is 330 g/mol. The summed E-state index contributed by atoms with van der Waals surface area (Å²) in [6, 6.07) is 23.6. The lowest BCUT2D eigenvalue weighted by Gasteiger charge is -2.22. The van der Waals surface area contributed by atoms with Crippen LogP contribution in [0.4, 0.5) is 0 Å². The minimum Gasteiger partial charge on any atom is -0.456 e. The second kappa shape index (κ2) is 5.08. The Morgan fingerprint density at radius 3 is 2.48 bits per heavy atom. The van der Waals surface area contributed by atoms with Gasteiger partial charge in [0, 0.05) is 6.07 Å². The van der Waals surface area contributed by atoms with E-state index in [1.165, 1.54) is 49.1 Å². The Hall–Kier alpha value is -3.39. The molecule has 0 saturated carbocycles. The number of hydrogen-bond acceptors (Lipinski definition) is 1. The zero-order chi connectivity index (χ0) is 18.1. The van der Waals surface area contributed by atoms with Crippen molar-refractivity contribution < 1.29 is 9.30 Å². The van der Waals surface area contributed by atoms with Crippen LogP contribution < -0.4 is 9.30 Å². The molecule has 1 aliphatic rings. The first-order valence-corrected chi connectivity index (χ1v) is 9.27. The number of nitrogens with zero attached hydrogens (tertiary/aromatic N) is 1. The fourth-order valence-corrected chi connectivity index (χ4v) is 4.61. The van der Waals surface area contributed by atoms with Crippen LogP contribution in [0.25, 0.3) is 43.6 Å². The van der Waals surface area contributed by atoms with Crippen molar-refractivity contribution >= 4 is 32.3 Å². The molecule has 27 heavy (non-hydrogen) atoms. The first kappa shape index (κ1) is 14.7. The average molecular weight is 348 g/mol. The van der Waals surface area contributed by atoms with Crippen LogP contribution in [-0.4, -0.2) is 0 Å². The van der Waals surface area contributed by atoms with Gasteiger partial charge >= 0.3 is 0 Å². The van der Waals surface area contributed by atoms with Crippen molar-refractivity contribution in [3.63, 3.8) is 0 Å². The molecule has 0 bridgehead atoms. The van der Waals surface area contributed by atoms with Crippen LogP contribution in [0.15, 0.2) is 72.9 Å². The van der Waals surface area contributed by atoms with E-state index in [0.29, 0.717) is 0 Å². The topological polar surface area (TPSA) is 13.1 Å². The van der Waals surface area contributed by atoms with Crippen molar-refractivity contribution in [2.24, 2.45) is 7.05 Å². The van der Waals surface area contributed by atoms with Gasteiger partial charge in [-0.05, 0) is 51.6 Å². The number of ether oxygens (including phenoxy) is 1. The Balaban J connectivity index is 1.85. The molecule has 1 aromatic heterocycles. The van der Waals surface area contributed by atoms with Gasteiger partial charge in [-0.1, -0.05) is 48.5 Å². The highest BCUT2D eigenvalue weighted by atomic mass is 16.5. The maximum Gasteiger partial charge on any atom is 0.228 e. The van der Waals surface area contributed by atoms with Crippen LogP contribution in [0.1, 0.15) is 5.56 Å². The molecule has 2 heteroatoms. The third-order valence-electron chi connectivity index (χ3n) is 5.83. The molecule has 4 aromatic carbocycles. The van der Waals surface area contributed by atoms with E-state index in [1.54, 1.807) is 0 Å². The Bertz CT molecular complexity index is 1420. The van der Waals surface area contributed by atoms with Gasteiger partial charge in [0.1, 0.15) is 18.5 Å². The van der Waals surface area contributed by atoms with Crippen LogP contribution in [-0.2, 0) is 7.05 Å². The van der Waals surface area contributed by atoms with Crippen molar-refractivity contribution in [2.45, 2.75) is 6.92 Å². The number of hydrogen-bond donors (Lipinski definition) is 0. The zero-order valence-electron chi connectivity index (χ0n) is 15.3. The Morgan fingerprint density at radius 1 is 0.741 bits per heavy atom. The summed E-state index contributed by atoms with van der Waals surface area (Å²) in [5.41, 5.74) is 3.71. The number of pyridine rings is 1. The number of aromatic nitrogens is 1. The molecule has 0 saturated heterocycles. The third-order valence-corrected chi connectivity index (χ3v) is 5.83. The van der Waals surface area contributed by atoms with E-state index < -0.39 is 0 Å². The highest BCUT2D eigenvalue weighted by Crippen LogP contribution is 2.48. The summed E-state index contributed by atoms with van der Waals surface area (Å²) in [6.07, 6.45) is 2.14. The minimum atomic E-state index is 0.936. The van der Waals surface area contributed by atoms with Gasteiger partial charge in [0.25, 0.3) is 0 Å². The van der Waals surface area contributed by atoms with E-state index >= 15 is 0 Å². The van der Waals surface area contributed by atoms with E-state index in [-0.39, 0.29) is 0 Å². The lowest BCUT2D eigenvalue weighted by atomic mass is 9.90. The summed E-state index contributed by atoms with van der Waals surface area (Å²) in [6.45, 7) is 2.23. The van der Waals surface area contributed by atoms with Gasteiger partial charge in [-0.15, -0.1) is 0 Å². The highest BCUT2D eigenvalue weighted by molar-refractivity contribution is 6.13. The molecule has 0 unspecified atom stereocenters. The van der Waals surface area contributed by atoms with E-state index in [4.69, 9.17) is 4.74 Å². The molecule has 6 rings (SSSR count). The van der Waals surface area contributed by atoms with E-state index in [0.717, 1.165) is 11.5 Å². The molecule has 0 amide bonds. The second-order valence-electron chi connectivity index (χ2n) is 7.36. The third kappa shape index (κ3) is 1.87. The van der Waals surface area contributed by atoms with Gasteiger partial charge in [-0.2, -0.15) is 0 Å². The van der Waals surface area contributed by atoms with Crippen molar-refractivity contribution in [3.05, 3.63) is 78.5 Å². The first-order valence-electron chi connectivity index (χ1n) is 9.27. The maximum absolute atomic E-state index is 6.39.